The molecule has 0 bridgehead atoms. The van der Waals surface area contributed by atoms with E-state index in [0.29, 0.717) is 14.9 Å². The molecule has 1 aromatic rings. The number of hydrogen-bond acceptors (Lipinski definition) is 7. The summed E-state index contributed by atoms with van der Waals surface area (Å²) in [6, 6.07) is 3.23. The first-order valence-electron chi connectivity index (χ1n) is 6.26. The number of nitrogens with zero attached hydrogens (tertiary/aromatic N) is 1. The van der Waals surface area contributed by atoms with Crippen LogP contribution in [0.4, 0.5) is 0 Å². The van der Waals surface area contributed by atoms with Gasteiger partial charge in [0.1, 0.15) is 10.9 Å². The van der Waals surface area contributed by atoms with E-state index in [1.807, 2.05) is 0 Å². The number of aromatic hydroxyl groups is 1. The van der Waals surface area contributed by atoms with Crippen LogP contribution in [0, 0.1) is 0 Å². The van der Waals surface area contributed by atoms with Crippen molar-refractivity contribution in [3.63, 3.8) is 0 Å². The van der Waals surface area contributed by atoms with E-state index in [1.54, 1.807) is 18.2 Å². The molecule has 1 aromatic carbocycles. The number of amides is 1. The van der Waals surface area contributed by atoms with Gasteiger partial charge in [-0.3, -0.25) is 14.5 Å². The van der Waals surface area contributed by atoms with Gasteiger partial charge in [0.2, 0.25) is 0 Å². The van der Waals surface area contributed by atoms with E-state index in [0.717, 1.165) is 11.8 Å². The first-order valence-corrected chi connectivity index (χ1v) is 8.27. The van der Waals surface area contributed by atoms with Gasteiger partial charge in [-0.2, -0.15) is 0 Å². The molecule has 1 N–H and O–H groups in total. The van der Waals surface area contributed by atoms with Crippen molar-refractivity contribution in [2.45, 2.75) is 0 Å². The lowest BCUT2D eigenvalue weighted by molar-refractivity contribution is -0.143. The van der Waals surface area contributed by atoms with Crippen molar-refractivity contribution < 1.29 is 24.2 Å². The van der Waals surface area contributed by atoms with Gasteiger partial charge in [0.25, 0.3) is 5.91 Å². The van der Waals surface area contributed by atoms with Gasteiger partial charge in [0.15, 0.2) is 11.5 Å². The lowest BCUT2D eigenvalue weighted by atomic mass is 10.2. The first kappa shape index (κ1) is 17.8. The third-order valence-corrected chi connectivity index (χ3v) is 4.94. The molecule has 0 atom stereocenters. The zero-order valence-electron chi connectivity index (χ0n) is 12.2. The Morgan fingerprint density at radius 3 is 2.78 bits per heavy atom. The number of thiocarbonyl (C=S) groups is 1. The summed E-state index contributed by atoms with van der Waals surface area (Å²) in [5.41, 5.74) is 0.644. The molecule has 1 heterocycles. The molecule has 0 radical (unpaired) electrons. The van der Waals surface area contributed by atoms with Gasteiger partial charge >= 0.3 is 5.97 Å². The normalized spacial score (nSPS) is 16.1. The van der Waals surface area contributed by atoms with Crippen LogP contribution in [0.1, 0.15) is 5.56 Å². The van der Waals surface area contributed by atoms with Crippen LogP contribution >= 0.6 is 39.9 Å². The summed E-state index contributed by atoms with van der Waals surface area (Å²) >= 11 is 9.43. The number of carbonyl (C=O) groups excluding carboxylic acids is 2. The molecule has 1 saturated heterocycles. The third-order valence-electron chi connectivity index (χ3n) is 2.96. The Hall–Kier alpha value is -1.58. The Morgan fingerprint density at radius 2 is 2.17 bits per heavy atom. The highest BCUT2D eigenvalue weighted by molar-refractivity contribution is 9.10. The molecule has 1 fully saturated rings. The van der Waals surface area contributed by atoms with E-state index in [1.165, 1.54) is 19.1 Å². The summed E-state index contributed by atoms with van der Waals surface area (Å²) in [5.74, 6) is -0.663. The van der Waals surface area contributed by atoms with Gasteiger partial charge in [0, 0.05) is 0 Å². The van der Waals surface area contributed by atoms with E-state index in [2.05, 4.69) is 20.7 Å². The summed E-state index contributed by atoms with van der Waals surface area (Å²) in [7, 11) is 2.68. The maximum absolute atomic E-state index is 12.3. The molecule has 2 rings (SSSR count). The SMILES string of the molecule is COC(=O)CN1C(=O)C(=Cc2cc(Br)c(O)c(OC)c2)SC1=S. The standard InChI is InChI=1S/C14H12BrNO5S2/c1-20-9-4-7(3-8(15)12(9)18)5-10-13(19)16(14(22)23-10)6-11(17)21-2/h3-5,18H,6H2,1-2H3. The molecule has 0 saturated carbocycles. The predicted molar refractivity (Wildman–Crippen MR) is 94.3 cm³/mol. The van der Waals surface area contributed by atoms with Crippen molar-refractivity contribution in [3.8, 4) is 11.5 Å². The minimum absolute atomic E-state index is 0.0251. The molecule has 6 nitrogen and oxygen atoms in total. The van der Waals surface area contributed by atoms with Crippen LogP contribution in [0.3, 0.4) is 0 Å². The van der Waals surface area contributed by atoms with Crippen molar-refractivity contribution in [1.29, 1.82) is 0 Å². The summed E-state index contributed by atoms with van der Waals surface area (Å²) < 4.78 is 10.3. The summed E-state index contributed by atoms with van der Waals surface area (Å²) in [5, 5.41) is 9.80. The second-order valence-corrected chi connectivity index (χ2v) is 6.93. The molecule has 1 aliphatic rings. The first-order chi connectivity index (χ1) is 10.9. The molecular formula is C14H12BrNO5S2. The second kappa shape index (κ2) is 7.33. The molecule has 9 heteroatoms. The number of ether oxygens (including phenoxy) is 2. The number of phenolic OH excluding ortho intramolecular Hbond substituents is 1. The van der Waals surface area contributed by atoms with E-state index in [-0.39, 0.29) is 28.3 Å². The number of carbonyl (C=O) groups is 2. The highest BCUT2D eigenvalue weighted by atomic mass is 79.9. The molecule has 0 aromatic heterocycles. The lowest BCUT2D eigenvalue weighted by Crippen LogP contribution is -2.33. The van der Waals surface area contributed by atoms with Crippen molar-refractivity contribution in [1.82, 2.24) is 4.90 Å². The Kier molecular flexibility index (Phi) is 5.66. The monoisotopic (exact) mass is 417 g/mol. The van der Waals surface area contributed by atoms with E-state index in [4.69, 9.17) is 17.0 Å². The number of thioether (sulfide) groups is 1. The average molecular weight is 418 g/mol. The topological polar surface area (TPSA) is 76.1 Å². The molecule has 0 aliphatic carbocycles. The van der Waals surface area contributed by atoms with Crippen LogP contribution < -0.4 is 4.74 Å². The van der Waals surface area contributed by atoms with Crippen LogP contribution in [0.25, 0.3) is 6.08 Å². The Morgan fingerprint density at radius 1 is 1.48 bits per heavy atom. The molecule has 1 aliphatic heterocycles. The van der Waals surface area contributed by atoms with Gasteiger partial charge in [-0.05, 0) is 39.7 Å². The molecule has 23 heavy (non-hydrogen) atoms. The van der Waals surface area contributed by atoms with Crippen molar-refractivity contribution >= 4 is 62.2 Å². The molecule has 1 amide bonds. The number of benzene rings is 1. The van der Waals surface area contributed by atoms with E-state index < -0.39 is 5.97 Å². The van der Waals surface area contributed by atoms with Crippen molar-refractivity contribution in [2.75, 3.05) is 20.8 Å². The van der Waals surface area contributed by atoms with Gasteiger partial charge in [-0.25, -0.2) is 0 Å². The van der Waals surface area contributed by atoms with E-state index >= 15 is 0 Å². The highest BCUT2D eigenvalue weighted by Gasteiger charge is 2.33. The van der Waals surface area contributed by atoms with Gasteiger partial charge in [-0.15, -0.1) is 0 Å². The molecular weight excluding hydrogens is 406 g/mol. The third kappa shape index (κ3) is 3.85. The Labute approximate surface area is 150 Å². The second-order valence-electron chi connectivity index (χ2n) is 4.40. The molecule has 0 spiro atoms. The summed E-state index contributed by atoms with van der Waals surface area (Å²) in [6.45, 7) is -0.221. The van der Waals surface area contributed by atoms with Crippen molar-refractivity contribution in [2.24, 2.45) is 0 Å². The van der Waals surface area contributed by atoms with E-state index in [9.17, 15) is 14.7 Å². The molecule has 122 valence electrons. The van der Waals surface area contributed by atoms with Gasteiger partial charge in [-0.1, -0.05) is 24.0 Å². The number of phenols is 1. The maximum Gasteiger partial charge on any atom is 0.325 e. The quantitative estimate of drug-likeness (QED) is 0.458. The smallest absolute Gasteiger partial charge is 0.325 e. The average Bonchev–Trinajstić information content (AvgIpc) is 2.78. The maximum atomic E-state index is 12.3. The zero-order chi connectivity index (χ0) is 17.1. The molecule has 0 unspecified atom stereocenters. The Bertz CT molecular complexity index is 719. The number of rotatable bonds is 4. The number of methoxy groups -OCH3 is 2. The lowest BCUT2D eigenvalue weighted by Gasteiger charge is -2.11. The summed E-state index contributed by atoms with van der Waals surface area (Å²) in [4.78, 5) is 25.2. The van der Waals surface area contributed by atoms with Crippen LogP contribution in [0.2, 0.25) is 0 Å². The fourth-order valence-corrected chi connectivity index (χ4v) is 3.53. The number of esters is 1. The van der Waals surface area contributed by atoms with Crippen LogP contribution in [-0.4, -0.2) is 47.0 Å². The fourth-order valence-electron chi connectivity index (χ4n) is 1.81. The minimum atomic E-state index is -0.545. The zero-order valence-corrected chi connectivity index (χ0v) is 15.4. The number of hydrogen-bond donors (Lipinski definition) is 1. The van der Waals surface area contributed by atoms with Crippen LogP contribution in [-0.2, 0) is 14.3 Å². The highest BCUT2D eigenvalue weighted by Crippen LogP contribution is 2.38. The number of halogens is 1. The van der Waals surface area contributed by atoms with Crippen LogP contribution in [0.15, 0.2) is 21.5 Å². The fraction of sp³-hybridized carbons (Fsp3) is 0.214. The Balaban J connectivity index is 2.31. The predicted octanol–water partition coefficient (Wildman–Crippen LogP) is 2.54. The van der Waals surface area contributed by atoms with Gasteiger partial charge in [0.05, 0.1) is 23.6 Å². The summed E-state index contributed by atoms with van der Waals surface area (Å²) in [6.07, 6.45) is 1.61. The largest absolute Gasteiger partial charge is 0.503 e. The van der Waals surface area contributed by atoms with Crippen molar-refractivity contribution in [3.05, 3.63) is 27.1 Å². The van der Waals surface area contributed by atoms with Crippen LogP contribution in [0.5, 0.6) is 11.5 Å². The van der Waals surface area contributed by atoms with Gasteiger partial charge < -0.3 is 14.6 Å². The minimum Gasteiger partial charge on any atom is -0.503 e.